The van der Waals surface area contributed by atoms with E-state index in [4.69, 9.17) is 9.15 Å². The second kappa shape index (κ2) is 9.05. The summed E-state index contributed by atoms with van der Waals surface area (Å²) in [6.45, 7) is 0.369. The molecule has 0 aliphatic rings. The quantitative estimate of drug-likeness (QED) is 0.444. The Kier molecular flexibility index (Phi) is 5.85. The first-order valence-corrected chi connectivity index (χ1v) is 9.48. The van der Waals surface area contributed by atoms with Gasteiger partial charge in [-0.1, -0.05) is 54.6 Å². The van der Waals surface area contributed by atoms with Crippen molar-refractivity contribution >= 4 is 5.91 Å². The van der Waals surface area contributed by atoms with E-state index in [2.05, 4.69) is 10.3 Å². The minimum Gasteiger partial charge on any atom is -0.489 e. The molecule has 5 nitrogen and oxygen atoms in total. The van der Waals surface area contributed by atoms with Gasteiger partial charge >= 0.3 is 0 Å². The Morgan fingerprint density at radius 2 is 1.70 bits per heavy atom. The van der Waals surface area contributed by atoms with Crippen molar-refractivity contribution < 1.29 is 18.3 Å². The van der Waals surface area contributed by atoms with Gasteiger partial charge < -0.3 is 14.5 Å². The van der Waals surface area contributed by atoms with Crippen LogP contribution in [0.3, 0.4) is 0 Å². The minimum atomic E-state index is -0.438. The monoisotopic (exact) mass is 402 g/mol. The van der Waals surface area contributed by atoms with Crippen LogP contribution in [0.25, 0.3) is 22.8 Å². The van der Waals surface area contributed by atoms with Crippen LogP contribution in [-0.4, -0.2) is 24.0 Å². The van der Waals surface area contributed by atoms with Crippen molar-refractivity contribution in [1.29, 1.82) is 0 Å². The summed E-state index contributed by atoms with van der Waals surface area (Å²) in [7, 11) is 0. The Morgan fingerprint density at radius 3 is 2.53 bits per heavy atom. The van der Waals surface area contributed by atoms with Gasteiger partial charge in [0.25, 0.3) is 5.91 Å². The van der Waals surface area contributed by atoms with Gasteiger partial charge in [-0.2, -0.15) is 0 Å². The van der Waals surface area contributed by atoms with Gasteiger partial charge in [-0.3, -0.25) is 4.79 Å². The third-order valence-corrected chi connectivity index (χ3v) is 4.45. The number of amides is 1. The fourth-order valence-corrected chi connectivity index (χ4v) is 2.98. The van der Waals surface area contributed by atoms with Crippen LogP contribution in [0.1, 0.15) is 10.4 Å². The summed E-state index contributed by atoms with van der Waals surface area (Å²) in [4.78, 5) is 17.0. The number of benzene rings is 3. The van der Waals surface area contributed by atoms with Gasteiger partial charge in [0.05, 0.1) is 18.3 Å². The average molecular weight is 402 g/mol. The number of hydrogen-bond acceptors (Lipinski definition) is 4. The zero-order chi connectivity index (χ0) is 20.8. The van der Waals surface area contributed by atoms with E-state index in [1.54, 1.807) is 42.6 Å². The van der Waals surface area contributed by atoms with E-state index in [0.717, 1.165) is 5.56 Å². The van der Waals surface area contributed by atoms with Gasteiger partial charge in [0.15, 0.2) is 17.3 Å². The van der Waals surface area contributed by atoms with E-state index < -0.39 is 5.82 Å². The molecule has 0 fully saturated rings. The second-order valence-corrected chi connectivity index (χ2v) is 6.48. The number of halogens is 1. The first-order valence-electron chi connectivity index (χ1n) is 9.48. The molecule has 150 valence electrons. The predicted molar refractivity (Wildman–Crippen MR) is 112 cm³/mol. The van der Waals surface area contributed by atoms with Crippen LogP contribution in [0.5, 0.6) is 5.75 Å². The lowest BCUT2D eigenvalue weighted by Gasteiger charge is -2.10. The third kappa shape index (κ3) is 4.38. The fourth-order valence-electron chi connectivity index (χ4n) is 2.98. The normalized spacial score (nSPS) is 10.6. The maximum Gasteiger partial charge on any atom is 0.252 e. The number of hydrogen-bond donors (Lipinski definition) is 1. The van der Waals surface area contributed by atoms with Crippen molar-refractivity contribution in [3.63, 3.8) is 0 Å². The molecule has 1 heterocycles. The molecule has 0 saturated heterocycles. The van der Waals surface area contributed by atoms with Crippen LogP contribution in [0.15, 0.2) is 89.5 Å². The zero-order valence-corrected chi connectivity index (χ0v) is 16.0. The highest BCUT2D eigenvalue weighted by atomic mass is 19.1. The smallest absolute Gasteiger partial charge is 0.252 e. The van der Waals surface area contributed by atoms with Crippen LogP contribution in [0.2, 0.25) is 0 Å². The lowest BCUT2D eigenvalue weighted by atomic mass is 10.1. The fraction of sp³-hybridized carbons (Fsp3) is 0.0833. The van der Waals surface area contributed by atoms with Crippen LogP contribution < -0.4 is 10.1 Å². The highest BCUT2D eigenvalue weighted by molar-refractivity contribution is 6.00. The molecule has 1 aromatic heterocycles. The van der Waals surface area contributed by atoms with Crippen molar-refractivity contribution in [2.45, 2.75) is 0 Å². The molecule has 0 aliphatic carbocycles. The zero-order valence-electron chi connectivity index (χ0n) is 16.0. The Balaban J connectivity index is 1.43. The summed E-state index contributed by atoms with van der Waals surface area (Å²) in [5, 5.41) is 2.78. The molecule has 6 heteroatoms. The molecule has 0 atom stereocenters. The van der Waals surface area contributed by atoms with Gasteiger partial charge in [-0.25, -0.2) is 9.37 Å². The molecule has 0 saturated carbocycles. The summed E-state index contributed by atoms with van der Waals surface area (Å²) in [5.41, 5.74) is 1.93. The van der Waals surface area contributed by atoms with E-state index in [0.29, 0.717) is 22.8 Å². The topological polar surface area (TPSA) is 64.4 Å². The molecule has 1 amide bonds. The number of nitrogens with zero attached hydrogens (tertiary/aromatic N) is 1. The molecule has 0 bridgehead atoms. The lowest BCUT2D eigenvalue weighted by molar-refractivity contribution is 0.0947. The summed E-state index contributed by atoms with van der Waals surface area (Å²) in [6.07, 6.45) is 1.64. The Bertz CT molecular complexity index is 1140. The number of nitrogens with one attached hydrogen (secondary N) is 1. The minimum absolute atomic E-state index is 0.145. The molecule has 1 N–H and O–H groups in total. The molecule has 30 heavy (non-hydrogen) atoms. The molecule has 0 radical (unpaired) electrons. The number of aromatic nitrogens is 1. The van der Waals surface area contributed by atoms with Crippen molar-refractivity contribution in [2.75, 3.05) is 13.2 Å². The van der Waals surface area contributed by atoms with Crippen molar-refractivity contribution in [3.05, 3.63) is 96.4 Å². The number of carbonyl (C=O) groups excluding carboxylic acids is 1. The molecular formula is C24H19FN2O3. The SMILES string of the molecule is O=C(NCCOc1ccccc1F)c1ccccc1-c1ncc(-c2ccccc2)o1. The van der Waals surface area contributed by atoms with Gasteiger partial charge in [0.1, 0.15) is 6.61 Å². The summed E-state index contributed by atoms with van der Waals surface area (Å²) in [6, 6.07) is 22.8. The largest absolute Gasteiger partial charge is 0.489 e. The van der Waals surface area contributed by atoms with E-state index in [1.807, 2.05) is 36.4 Å². The maximum atomic E-state index is 13.6. The first-order chi connectivity index (χ1) is 14.7. The van der Waals surface area contributed by atoms with Crippen molar-refractivity contribution in [3.8, 4) is 28.5 Å². The van der Waals surface area contributed by atoms with Gasteiger partial charge in [0, 0.05) is 11.1 Å². The van der Waals surface area contributed by atoms with E-state index in [9.17, 15) is 9.18 Å². The molecule has 0 unspecified atom stereocenters. The van der Waals surface area contributed by atoms with Crippen LogP contribution in [0, 0.1) is 5.82 Å². The number of para-hydroxylation sites is 1. The van der Waals surface area contributed by atoms with Crippen LogP contribution in [0.4, 0.5) is 4.39 Å². The Hall–Kier alpha value is -3.93. The molecule has 0 aliphatic heterocycles. The molecule has 0 spiro atoms. The number of carbonyl (C=O) groups is 1. The summed E-state index contributed by atoms with van der Waals surface area (Å²) >= 11 is 0. The Labute approximate surface area is 173 Å². The van der Waals surface area contributed by atoms with E-state index >= 15 is 0 Å². The van der Waals surface area contributed by atoms with E-state index in [-0.39, 0.29) is 24.8 Å². The van der Waals surface area contributed by atoms with Crippen molar-refractivity contribution in [2.24, 2.45) is 0 Å². The standard InChI is InChI=1S/C24H19FN2O3/c25-20-12-6-7-13-21(20)29-15-14-26-23(28)18-10-4-5-11-19(18)24-27-16-22(30-24)17-8-2-1-3-9-17/h1-13,16H,14-15H2,(H,26,28). The third-order valence-electron chi connectivity index (χ3n) is 4.45. The number of rotatable bonds is 7. The van der Waals surface area contributed by atoms with Crippen LogP contribution >= 0.6 is 0 Å². The van der Waals surface area contributed by atoms with Crippen molar-refractivity contribution in [1.82, 2.24) is 10.3 Å². The molecule has 4 rings (SSSR count). The van der Waals surface area contributed by atoms with Gasteiger partial charge in [-0.05, 0) is 24.3 Å². The van der Waals surface area contributed by atoms with Gasteiger partial charge in [0.2, 0.25) is 5.89 Å². The highest BCUT2D eigenvalue weighted by Gasteiger charge is 2.16. The number of oxazole rings is 1. The molecular weight excluding hydrogens is 383 g/mol. The average Bonchev–Trinajstić information content (AvgIpc) is 3.28. The van der Waals surface area contributed by atoms with Crippen LogP contribution in [-0.2, 0) is 0 Å². The summed E-state index contributed by atoms with van der Waals surface area (Å²) in [5.74, 6) is 0.413. The Morgan fingerprint density at radius 1 is 0.967 bits per heavy atom. The molecule has 3 aromatic carbocycles. The number of ether oxygens (including phenoxy) is 1. The molecule has 4 aromatic rings. The van der Waals surface area contributed by atoms with E-state index in [1.165, 1.54) is 6.07 Å². The van der Waals surface area contributed by atoms with Gasteiger partial charge in [-0.15, -0.1) is 0 Å². The lowest BCUT2D eigenvalue weighted by Crippen LogP contribution is -2.28. The summed E-state index contributed by atoms with van der Waals surface area (Å²) < 4.78 is 24.8. The first kappa shape index (κ1) is 19.4. The second-order valence-electron chi connectivity index (χ2n) is 6.48. The predicted octanol–water partition coefficient (Wildman–Crippen LogP) is 4.96. The maximum absolute atomic E-state index is 13.6. The highest BCUT2D eigenvalue weighted by Crippen LogP contribution is 2.28.